The summed E-state index contributed by atoms with van der Waals surface area (Å²) in [5.74, 6) is 0.153. The van der Waals surface area contributed by atoms with Crippen LogP contribution in [0.3, 0.4) is 0 Å². The van der Waals surface area contributed by atoms with Crippen molar-refractivity contribution in [2.45, 2.75) is 45.7 Å². The Balaban J connectivity index is 1.96. The first-order chi connectivity index (χ1) is 9.60. The van der Waals surface area contributed by atoms with E-state index >= 15 is 0 Å². The number of pyridine rings is 1. The Bertz CT molecular complexity index is 516. The summed E-state index contributed by atoms with van der Waals surface area (Å²) in [7, 11) is 0. The van der Waals surface area contributed by atoms with Crippen molar-refractivity contribution in [3.63, 3.8) is 0 Å². The number of carbonyl (C=O) groups excluding carboxylic acids is 1. The lowest BCUT2D eigenvalue weighted by Crippen LogP contribution is -2.41. The molecule has 110 valence electrons. The molecule has 0 saturated carbocycles. The lowest BCUT2D eigenvalue weighted by molar-refractivity contribution is -0.129. The topological polar surface area (TPSA) is 54.3 Å². The van der Waals surface area contributed by atoms with Crippen molar-refractivity contribution < 1.29 is 4.79 Å². The van der Waals surface area contributed by atoms with Gasteiger partial charge < -0.3 is 14.8 Å². The highest BCUT2D eigenvalue weighted by Crippen LogP contribution is 2.15. The predicted octanol–water partition coefficient (Wildman–Crippen LogP) is 1.68. The van der Waals surface area contributed by atoms with E-state index in [4.69, 9.17) is 0 Å². The van der Waals surface area contributed by atoms with Crippen molar-refractivity contribution in [3.05, 3.63) is 28.7 Å². The zero-order valence-corrected chi connectivity index (χ0v) is 12.3. The first-order valence-electron chi connectivity index (χ1n) is 7.32. The first-order valence-corrected chi connectivity index (χ1v) is 7.32. The molecule has 1 fully saturated rings. The number of nitrogens with one attached hydrogen (secondary N) is 1. The third-order valence-electron chi connectivity index (χ3n) is 3.76. The zero-order chi connectivity index (χ0) is 14.5. The van der Waals surface area contributed by atoms with Gasteiger partial charge in [-0.3, -0.25) is 9.59 Å². The minimum atomic E-state index is 0.0452. The molecule has 20 heavy (non-hydrogen) atoms. The lowest BCUT2D eigenvalue weighted by atomic mass is 10.0. The second kappa shape index (κ2) is 6.59. The number of anilines is 1. The number of amides is 1. The maximum atomic E-state index is 11.7. The predicted molar refractivity (Wildman–Crippen MR) is 79.9 cm³/mol. The quantitative estimate of drug-likeness (QED) is 0.911. The van der Waals surface area contributed by atoms with Crippen molar-refractivity contribution in [3.8, 4) is 0 Å². The summed E-state index contributed by atoms with van der Waals surface area (Å²) < 4.78 is 1.74. The fourth-order valence-electron chi connectivity index (χ4n) is 2.61. The molecule has 0 radical (unpaired) electrons. The summed E-state index contributed by atoms with van der Waals surface area (Å²) in [6.45, 7) is 6.04. The van der Waals surface area contributed by atoms with Gasteiger partial charge in [0.25, 0.3) is 5.56 Å². The molecular weight excluding hydrogens is 254 g/mol. The van der Waals surface area contributed by atoms with Crippen LogP contribution in [0.1, 0.15) is 33.1 Å². The molecule has 2 rings (SSSR count). The molecule has 1 aromatic heterocycles. The van der Waals surface area contributed by atoms with Gasteiger partial charge in [0.2, 0.25) is 5.91 Å². The van der Waals surface area contributed by atoms with E-state index < -0.39 is 0 Å². The highest BCUT2D eigenvalue weighted by atomic mass is 16.2. The Kier molecular flexibility index (Phi) is 4.82. The van der Waals surface area contributed by atoms with Crippen LogP contribution in [-0.4, -0.2) is 34.5 Å². The Morgan fingerprint density at radius 1 is 1.35 bits per heavy atom. The molecule has 1 saturated heterocycles. The molecule has 1 aliphatic heterocycles. The fourth-order valence-corrected chi connectivity index (χ4v) is 2.61. The van der Waals surface area contributed by atoms with Crippen LogP contribution >= 0.6 is 0 Å². The molecule has 1 aliphatic rings. The third kappa shape index (κ3) is 3.62. The molecule has 0 unspecified atom stereocenters. The van der Waals surface area contributed by atoms with E-state index in [0.717, 1.165) is 44.6 Å². The van der Waals surface area contributed by atoms with Gasteiger partial charge in [0.1, 0.15) is 0 Å². The monoisotopic (exact) mass is 277 g/mol. The second-order valence-corrected chi connectivity index (χ2v) is 5.37. The Labute approximate surface area is 119 Å². The van der Waals surface area contributed by atoms with Gasteiger partial charge in [-0.25, -0.2) is 0 Å². The Morgan fingerprint density at radius 2 is 2.05 bits per heavy atom. The maximum Gasteiger partial charge on any atom is 0.250 e. The average Bonchev–Trinajstić information content (AvgIpc) is 2.43. The van der Waals surface area contributed by atoms with Gasteiger partial charge in [0.05, 0.1) is 5.69 Å². The third-order valence-corrected chi connectivity index (χ3v) is 3.76. The molecule has 0 aromatic carbocycles. The van der Waals surface area contributed by atoms with Crippen molar-refractivity contribution in [1.29, 1.82) is 0 Å². The molecule has 5 nitrogen and oxygen atoms in total. The maximum absolute atomic E-state index is 11.7. The van der Waals surface area contributed by atoms with E-state index in [0.29, 0.717) is 6.04 Å². The van der Waals surface area contributed by atoms with Gasteiger partial charge in [0.15, 0.2) is 0 Å². The van der Waals surface area contributed by atoms with Crippen molar-refractivity contribution in [2.24, 2.45) is 0 Å². The summed E-state index contributed by atoms with van der Waals surface area (Å²) >= 11 is 0. The summed E-state index contributed by atoms with van der Waals surface area (Å²) in [5.41, 5.74) is 1.03. The molecule has 1 aromatic rings. The van der Waals surface area contributed by atoms with E-state index in [1.807, 2.05) is 17.2 Å². The number of hydrogen-bond acceptors (Lipinski definition) is 3. The van der Waals surface area contributed by atoms with Crippen LogP contribution in [0, 0.1) is 0 Å². The number of nitrogens with zero attached hydrogens (tertiary/aromatic N) is 2. The van der Waals surface area contributed by atoms with E-state index in [-0.39, 0.29) is 11.5 Å². The largest absolute Gasteiger partial charge is 0.381 e. The van der Waals surface area contributed by atoms with Crippen molar-refractivity contribution in [1.82, 2.24) is 9.47 Å². The van der Waals surface area contributed by atoms with Crippen LogP contribution in [0.15, 0.2) is 23.1 Å². The summed E-state index contributed by atoms with van der Waals surface area (Å²) in [4.78, 5) is 24.8. The number of piperidine rings is 1. The normalized spacial score (nSPS) is 16.2. The number of hydrogen-bond donors (Lipinski definition) is 1. The molecule has 0 aliphatic carbocycles. The van der Waals surface area contributed by atoms with Gasteiger partial charge in [-0.2, -0.15) is 0 Å². The van der Waals surface area contributed by atoms with Crippen LogP contribution in [0.4, 0.5) is 5.69 Å². The smallest absolute Gasteiger partial charge is 0.250 e. The highest BCUT2D eigenvalue weighted by Gasteiger charge is 2.20. The number of aryl methyl sites for hydroxylation is 1. The summed E-state index contributed by atoms with van der Waals surface area (Å²) in [6, 6.07) is 3.83. The van der Waals surface area contributed by atoms with E-state index in [1.54, 1.807) is 17.6 Å². The molecule has 5 heteroatoms. The summed E-state index contributed by atoms with van der Waals surface area (Å²) in [6.07, 6.45) is 4.74. The molecular formula is C15H23N3O2. The first kappa shape index (κ1) is 14.6. The number of aromatic nitrogens is 1. The van der Waals surface area contributed by atoms with Crippen LogP contribution < -0.4 is 10.9 Å². The molecule has 0 spiro atoms. The van der Waals surface area contributed by atoms with Gasteiger partial charge in [-0.05, 0) is 25.3 Å². The SMILES string of the molecule is CCCn1cc(NC2CCN(C(C)=O)CC2)ccc1=O. The standard InChI is InChI=1S/C15H23N3O2/c1-3-8-18-11-14(4-5-15(18)20)16-13-6-9-17(10-7-13)12(2)19/h4-5,11,13,16H,3,6-10H2,1-2H3. The molecule has 0 atom stereocenters. The van der Waals surface area contributed by atoms with Crippen molar-refractivity contribution >= 4 is 11.6 Å². The minimum absolute atomic E-state index is 0.0452. The van der Waals surface area contributed by atoms with Crippen LogP contribution in [-0.2, 0) is 11.3 Å². The van der Waals surface area contributed by atoms with Crippen LogP contribution in [0.2, 0.25) is 0 Å². The highest BCUT2D eigenvalue weighted by molar-refractivity contribution is 5.73. The number of rotatable bonds is 4. The number of likely N-dealkylation sites (tertiary alicyclic amines) is 1. The van der Waals surface area contributed by atoms with Gasteiger partial charge in [-0.15, -0.1) is 0 Å². The van der Waals surface area contributed by atoms with Crippen LogP contribution in [0.5, 0.6) is 0 Å². The molecule has 0 bridgehead atoms. The van der Waals surface area contributed by atoms with E-state index in [2.05, 4.69) is 12.2 Å². The second-order valence-electron chi connectivity index (χ2n) is 5.37. The van der Waals surface area contributed by atoms with E-state index in [1.165, 1.54) is 0 Å². The van der Waals surface area contributed by atoms with Crippen LogP contribution in [0.25, 0.3) is 0 Å². The Hall–Kier alpha value is -1.78. The molecule has 1 N–H and O–H groups in total. The number of carbonyl (C=O) groups is 1. The van der Waals surface area contributed by atoms with E-state index in [9.17, 15) is 9.59 Å². The van der Waals surface area contributed by atoms with Gasteiger partial charge in [-0.1, -0.05) is 6.92 Å². The fraction of sp³-hybridized carbons (Fsp3) is 0.600. The zero-order valence-electron chi connectivity index (χ0n) is 12.3. The molecule has 1 amide bonds. The summed E-state index contributed by atoms with van der Waals surface area (Å²) in [5, 5.41) is 3.47. The molecule has 2 heterocycles. The van der Waals surface area contributed by atoms with Gasteiger partial charge >= 0.3 is 0 Å². The lowest BCUT2D eigenvalue weighted by Gasteiger charge is -2.32. The van der Waals surface area contributed by atoms with Gasteiger partial charge in [0, 0.05) is 44.9 Å². The Morgan fingerprint density at radius 3 is 2.65 bits per heavy atom. The average molecular weight is 277 g/mol. The minimum Gasteiger partial charge on any atom is -0.381 e. The van der Waals surface area contributed by atoms with Crippen molar-refractivity contribution in [2.75, 3.05) is 18.4 Å².